The van der Waals surface area contributed by atoms with E-state index >= 15 is 0 Å². The number of terminal acetylenes is 1. The van der Waals surface area contributed by atoms with Crippen LogP contribution in [0.15, 0.2) is 24.5 Å². The van der Waals surface area contributed by atoms with Gasteiger partial charge in [-0.1, -0.05) is 17.5 Å². The van der Waals surface area contributed by atoms with Crippen molar-refractivity contribution in [2.24, 2.45) is 0 Å². The zero-order valence-corrected chi connectivity index (χ0v) is 19.2. The van der Waals surface area contributed by atoms with Crippen LogP contribution in [0.1, 0.15) is 20.1 Å². The van der Waals surface area contributed by atoms with Crippen LogP contribution >= 0.6 is 23.2 Å². The lowest BCUT2D eigenvalue weighted by molar-refractivity contribution is -0.165. The minimum absolute atomic E-state index is 0.0761. The number of nitrogens with zero attached hydrogens (tertiary/aromatic N) is 4. The molecule has 1 fully saturated rings. The highest BCUT2D eigenvalue weighted by Crippen LogP contribution is 2.36. The molecule has 0 saturated carbocycles. The van der Waals surface area contributed by atoms with E-state index in [4.69, 9.17) is 43.8 Å². The standard InChI is InChI=1S/C21H16Cl2FN5O5/c1-4-14-16(32-9(2)30)17(33-10(3)31)20(34-14)29-8-25-15-18(27-21(23)28-19(15)29)26-13-6-5-11(22)7-12(13)24/h1,5-8,14,16-17,20H,2-3H3,(H,26,27,28)/t14-,16-,17-,20-/m1/s1. The zero-order valence-electron chi connectivity index (χ0n) is 17.7. The topological polar surface area (TPSA) is 117 Å². The number of benzene rings is 1. The number of nitrogens with one attached hydrogen (secondary N) is 1. The molecule has 0 amide bonds. The summed E-state index contributed by atoms with van der Waals surface area (Å²) < 4.78 is 32.2. The quantitative estimate of drug-likeness (QED) is 0.314. The number of hydrogen-bond acceptors (Lipinski definition) is 9. The summed E-state index contributed by atoms with van der Waals surface area (Å²) in [7, 11) is 0. The van der Waals surface area contributed by atoms with E-state index in [2.05, 4.69) is 26.2 Å². The van der Waals surface area contributed by atoms with Crippen molar-refractivity contribution < 1.29 is 28.2 Å². The molecule has 0 aliphatic carbocycles. The van der Waals surface area contributed by atoms with E-state index in [1.807, 2.05) is 0 Å². The largest absolute Gasteiger partial charge is 0.455 e. The summed E-state index contributed by atoms with van der Waals surface area (Å²) in [4.78, 5) is 36.0. The normalized spacial score (nSPS) is 21.8. The molecular weight excluding hydrogens is 492 g/mol. The SMILES string of the molecule is C#C[C@H]1O[C@@H](n2cnc3c(Nc4ccc(Cl)cc4F)nc(Cl)nc32)[C@H](OC(C)=O)[C@@H]1OC(C)=O. The second-order valence-corrected chi connectivity index (χ2v) is 7.95. The van der Waals surface area contributed by atoms with Gasteiger partial charge in [0.1, 0.15) is 5.82 Å². The second-order valence-electron chi connectivity index (χ2n) is 7.18. The number of aromatic nitrogens is 4. The molecule has 0 unspecified atom stereocenters. The van der Waals surface area contributed by atoms with Crippen LogP contribution in [0, 0.1) is 18.2 Å². The van der Waals surface area contributed by atoms with E-state index in [9.17, 15) is 14.0 Å². The molecule has 1 aliphatic rings. The van der Waals surface area contributed by atoms with Crippen molar-refractivity contribution in [3.8, 4) is 12.3 Å². The van der Waals surface area contributed by atoms with Gasteiger partial charge in [0.2, 0.25) is 5.28 Å². The van der Waals surface area contributed by atoms with E-state index in [1.165, 1.54) is 36.9 Å². The van der Waals surface area contributed by atoms with Gasteiger partial charge in [-0.25, -0.2) is 9.37 Å². The fourth-order valence-electron chi connectivity index (χ4n) is 3.52. The summed E-state index contributed by atoms with van der Waals surface area (Å²) >= 11 is 11.9. The molecule has 4 rings (SSSR count). The first kappa shape index (κ1) is 23.7. The van der Waals surface area contributed by atoms with Crippen LogP contribution in [0.3, 0.4) is 0 Å². The molecule has 10 nitrogen and oxygen atoms in total. The van der Waals surface area contributed by atoms with Crippen molar-refractivity contribution in [1.82, 2.24) is 19.5 Å². The smallest absolute Gasteiger partial charge is 0.303 e. The number of rotatable bonds is 5. The molecule has 0 spiro atoms. The lowest BCUT2D eigenvalue weighted by Gasteiger charge is -2.23. The molecule has 176 valence electrons. The monoisotopic (exact) mass is 507 g/mol. The average molecular weight is 508 g/mol. The highest BCUT2D eigenvalue weighted by Gasteiger charge is 2.50. The molecular formula is C21H16Cl2FN5O5. The molecule has 1 N–H and O–H groups in total. The molecule has 1 aliphatic heterocycles. The van der Waals surface area contributed by atoms with Crippen molar-refractivity contribution >= 4 is 57.8 Å². The van der Waals surface area contributed by atoms with E-state index in [0.29, 0.717) is 0 Å². The summed E-state index contributed by atoms with van der Waals surface area (Å²) in [6, 6.07) is 4.05. The van der Waals surface area contributed by atoms with E-state index in [-0.39, 0.29) is 33.0 Å². The Morgan fingerprint density at radius 3 is 2.56 bits per heavy atom. The molecule has 13 heteroatoms. The second kappa shape index (κ2) is 9.42. The van der Waals surface area contributed by atoms with E-state index in [1.54, 1.807) is 0 Å². The maximum Gasteiger partial charge on any atom is 0.303 e. The van der Waals surface area contributed by atoms with Gasteiger partial charge in [0.05, 0.1) is 12.0 Å². The summed E-state index contributed by atoms with van der Waals surface area (Å²) in [6.07, 6.45) is 2.61. The Morgan fingerprint density at radius 1 is 1.21 bits per heavy atom. The highest BCUT2D eigenvalue weighted by molar-refractivity contribution is 6.30. The average Bonchev–Trinajstić information content (AvgIpc) is 3.31. The number of fused-ring (bicyclic) bond motifs is 1. The molecule has 0 radical (unpaired) electrons. The van der Waals surface area contributed by atoms with Crippen LogP contribution < -0.4 is 5.32 Å². The van der Waals surface area contributed by atoms with Crippen molar-refractivity contribution in [2.75, 3.05) is 5.32 Å². The number of anilines is 2. The first-order valence-corrected chi connectivity index (χ1v) is 10.5. The van der Waals surface area contributed by atoms with Gasteiger partial charge in [0.25, 0.3) is 0 Å². The van der Waals surface area contributed by atoms with Crippen molar-refractivity contribution in [1.29, 1.82) is 0 Å². The number of halogens is 3. The molecule has 1 saturated heterocycles. The van der Waals surface area contributed by atoms with Crippen molar-refractivity contribution in [3.63, 3.8) is 0 Å². The van der Waals surface area contributed by atoms with Crippen LogP contribution in [-0.4, -0.2) is 49.8 Å². The minimum Gasteiger partial charge on any atom is -0.455 e. The lowest BCUT2D eigenvalue weighted by Crippen LogP contribution is -2.38. The predicted octanol–water partition coefficient (Wildman–Crippen LogP) is 3.41. The van der Waals surface area contributed by atoms with E-state index in [0.717, 1.165) is 6.07 Å². The van der Waals surface area contributed by atoms with Crippen molar-refractivity contribution in [3.05, 3.63) is 40.6 Å². The Labute approximate surface area is 202 Å². The number of hydrogen-bond donors (Lipinski definition) is 1. The van der Waals surface area contributed by atoms with Crippen LogP contribution in [-0.2, 0) is 23.8 Å². The molecule has 4 atom stereocenters. The Hall–Kier alpha value is -3.46. The van der Waals surface area contributed by atoms with Gasteiger partial charge in [-0.15, -0.1) is 6.42 Å². The van der Waals surface area contributed by atoms with Crippen LogP contribution in [0.2, 0.25) is 10.3 Å². The molecule has 2 aromatic heterocycles. The maximum atomic E-state index is 14.3. The van der Waals surface area contributed by atoms with Gasteiger partial charge in [0, 0.05) is 18.9 Å². The maximum absolute atomic E-state index is 14.3. The first-order valence-electron chi connectivity index (χ1n) is 9.76. The van der Waals surface area contributed by atoms with Gasteiger partial charge >= 0.3 is 11.9 Å². The number of imidazole rings is 1. The third-order valence-electron chi connectivity index (χ3n) is 4.81. The van der Waals surface area contributed by atoms with Crippen LogP contribution in [0.25, 0.3) is 11.2 Å². The lowest BCUT2D eigenvalue weighted by atomic mass is 10.1. The summed E-state index contributed by atoms with van der Waals surface area (Å²) in [5.74, 6) is 0.577. The molecule has 3 heterocycles. The van der Waals surface area contributed by atoms with Gasteiger partial charge in [-0.05, 0) is 29.8 Å². The van der Waals surface area contributed by atoms with Crippen LogP contribution in [0.5, 0.6) is 0 Å². The van der Waals surface area contributed by atoms with Gasteiger partial charge < -0.3 is 19.5 Å². The fraction of sp³-hybridized carbons (Fsp3) is 0.286. The Morgan fingerprint density at radius 2 is 1.91 bits per heavy atom. The minimum atomic E-state index is -1.11. The third kappa shape index (κ3) is 4.61. The fourth-order valence-corrected chi connectivity index (χ4v) is 3.84. The Bertz CT molecular complexity index is 1330. The molecule has 3 aromatic rings. The van der Waals surface area contributed by atoms with Gasteiger partial charge in [-0.2, -0.15) is 9.97 Å². The Kier molecular flexibility index (Phi) is 6.56. The number of carbonyl (C=O) groups excluding carboxylic acids is 2. The zero-order chi connectivity index (χ0) is 24.6. The number of ether oxygens (including phenoxy) is 3. The first-order chi connectivity index (χ1) is 16.2. The predicted molar refractivity (Wildman–Crippen MR) is 119 cm³/mol. The van der Waals surface area contributed by atoms with Gasteiger partial charge in [-0.3, -0.25) is 14.2 Å². The summed E-state index contributed by atoms with van der Waals surface area (Å²) in [5, 5.41) is 2.85. The van der Waals surface area contributed by atoms with Crippen LogP contribution in [0.4, 0.5) is 15.9 Å². The van der Waals surface area contributed by atoms with Gasteiger partial charge in [0.15, 0.2) is 41.5 Å². The molecule has 0 bridgehead atoms. The molecule has 34 heavy (non-hydrogen) atoms. The number of esters is 2. The molecule has 1 aromatic carbocycles. The van der Waals surface area contributed by atoms with E-state index < -0.39 is 42.3 Å². The Balaban J connectivity index is 1.77. The number of carbonyl (C=O) groups is 2. The van der Waals surface area contributed by atoms with Crippen molar-refractivity contribution in [2.45, 2.75) is 38.4 Å². The summed E-state index contributed by atoms with van der Waals surface area (Å²) in [6.45, 7) is 2.39. The third-order valence-corrected chi connectivity index (χ3v) is 5.21. The summed E-state index contributed by atoms with van der Waals surface area (Å²) in [5.41, 5.74) is 0.447. The highest BCUT2D eigenvalue weighted by atomic mass is 35.5.